The number of methoxy groups -OCH3 is 1. The molecule has 2 aliphatic rings. The minimum absolute atomic E-state index is 0.0115. The lowest BCUT2D eigenvalue weighted by molar-refractivity contribution is -0.137. The van der Waals surface area contributed by atoms with Crippen LogP contribution in [0.1, 0.15) is 53.0 Å². The van der Waals surface area contributed by atoms with E-state index in [4.69, 9.17) is 21.3 Å². The van der Waals surface area contributed by atoms with E-state index < -0.39 is 23.1 Å². The van der Waals surface area contributed by atoms with Crippen LogP contribution in [0.2, 0.25) is 5.02 Å². The zero-order chi connectivity index (χ0) is 35.2. The van der Waals surface area contributed by atoms with Crippen LogP contribution in [-0.4, -0.2) is 61.1 Å². The van der Waals surface area contributed by atoms with Crippen molar-refractivity contribution in [2.45, 2.75) is 50.2 Å². The summed E-state index contributed by atoms with van der Waals surface area (Å²) >= 11 is 6.15. The first kappa shape index (κ1) is 33.3. The molecule has 3 aromatic heterocycles. The average molecular weight is 706 g/mol. The Morgan fingerprint density at radius 1 is 1.04 bits per heavy atom. The Morgan fingerprint density at radius 3 is 2.46 bits per heavy atom. The van der Waals surface area contributed by atoms with Gasteiger partial charge >= 0.3 is 6.18 Å². The third-order valence-corrected chi connectivity index (χ3v) is 9.88. The number of carbonyl (C=O) groups is 2. The number of nitrogens with zero attached hydrogens (tertiary/aromatic N) is 6. The fourth-order valence-electron chi connectivity index (χ4n) is 7.06. The number of fused-ring (bicyclic) bond motifs is 3. The van der Waals surface area contributed by atoms with Crippen molar-refractivity contribution in [2.75, 3.05) is 25.5 Å². The second-order valence-corrected chi connectivity index (χ2v) is 12.9. The first-order chi connectivity index (χ1) is 24.0. The molecule has 1 aliphatic heterocycles. The molecule has 0 saturated carbocycles. The second kappa shape index (κ2) is 12.9. The molecule has 2 aromatic carbocycles. The van der Waals surface area contributed by atoms with Crippen molar-refractivity contribution < 1.29 is 27.5 Å². The number of nitrogens with one attached hydrogen (secondary N) is 1. The lowest BCUT2D eigenvalue weighted by atomic mass is 9.66. The zero-order valence-electron chi connectivity index (χ0n) is 26.8. The molecule has 0 unspecified atom stereocenters. The Balaban J connectivity index is 1.28. The summed E-state index contributed by atoms with van der Waals surface area (Å²) in [5.74, 6) is 0.276. The first-order valence-corrected chi connectivity index (χ1v) is 16.4. The highest BCUT2D eigenvalue weighted by Crippen LogP contribution is 2.44. The Labute approximate surface area is 288 Å². The van der Waals surface area contributed by atoms with Gasteiger partial charge in [0, 0.05) is 41.5 Å². The molecule has 1 spiro atoms. The van der Waals surface area contributed by atoms with Crippen LogP contribution in [0.3, 0.4) is 0 Å². The fourth-order valence-corrected chi connectivity index (χ4v) is 7.28. The first-order valence-electron chi connectivity index (χ1n) is 16.0. The molecule has 0 atom stereocenters. The molecule has 258 valence electrons. The van der Waals surface area contributed by atoms with Gasteiger partial charge in [0.05, 0.1) is 23.4 Å². The predicted octanol–water partition coefficient (Wildman–Crippen LogP) is 5.78. The van der Waals surface area contributed by atoms with Crippen LogP contribution in [0.15, 0.2) is 71.7 Å². The van der Waals surface area contributed by atoms with Gasteiger partial charge in [0.2, 0.25) is 11.7 Å². The van der Waals surface area contributed by atoms with Gasteiger partial charge in [0.15, 0.2) is 5.82 Å². The Morgan fingerprint density at radius 2 is 1.80 bits per heavy atom. The van der Waals surface area contributed by atoms with E-state index in [-0.39, 0.29) is 40.3 Å². The van der Waals surface area contributed by atoms with Crippen LogP contribution in [0.4, 0.5) is 18.9 Å². The number of halogens is 4. The number of anilines is 1. The molecule has 5 aromatic rings. The maximum absolute atomic E-state index is 14.4. The number of piperidine rings is 1. The smallest absolute Gasteiger partial charge is 0.416 e. The topological polar surface area (TPSA) is 124 Å². The molecule has 1 fully saturated rings. The number of pyridine rings is 1. The number of hydrogen-bond acceptors (Lipinski definition) is 7. The van der Waals surface area contributed by atoms with Gasteiger partial charge in [-0.1, -0.05) is 17.7 Å². The predicted molar refractivity (Wildman–Crippen MR) is 178 cm³/mol. The standard InChI is InChI=1S/C35H31ClF3N7O4/c1-50-23-10-7-21(8-11-23)30-42-33-45(20-28(47)41-25-12-9-22(19-24(25)36)35(37,38)39)27-6-4-13-34(29(27)32(49)46(33)43-30)14-17-44(18-15-34)31(48)26-5-2-3-16-40-26/h2-3,5,7-12,16,19H,4,6,13-15,17-18,20H2,1H3,(H,41,47). The van der Waals surface area contributed by atoms with Crippen molar-refractivity contribution >= 4 is 34.9 Å². The number of aromatic nitrogens is 5. The van der Waals surface area contributed by atoms with E-state index in [2.05, 4.69) is 15.4 Å². The van der Waals surface area contributed by atoms with Gasteiger partial charge in [-0.2, -0.15) is 22.7 Å². The van der Waals surface area contributed by atoms with Crippen LogP contribution in [0.5, 0.6) is 5.75 Å². The van der Waals surface area contributed by atoms with Gasteiger partial charge in [-0.25, -0.2) is 0 Å². The monoisotopic (exact) mass is 705 g/mol. The molecule has 1 saturated heterocycles. The number of rotatable bonds is 6. The molecule has 2 amide bonds. The number of alkyl halides is 3. The summed E-state index contributed by atoms with van der Waals surface area (Å²) in [4.78, 5) is 51.9. The molecule has 0 bridgehead atoms. The molecule has 0 radical (unpaired) electrons. The number of benzene rings is 2. The second-order valence-electron chi connectivity index (χ2n) is 12.5. The SMILES string of the molecule is COc1ccc(-c2nc3n(CC(=O)Nc4ccc(C(F)(F)F)cc4Cl)c4c(c(=O)n3n2)C2(CCC4)CCN(C(=O)c3ccccn3)CC2)cc1. The van der Waals surface area contributed by atoms with E-state index in [9.17, 15) is 27.6 Å². The number of hydrogen-bond donors (Lipinski definition) is 1. The molecule has 7 rings (SSSR count). The maximum atomic E-state index is 14.4. The number of likely N-dealkylation sites (tertiary alicyclic amines) is 1. The van der Waals surface area contributed by atoms with Crippen LogP contribution in [0.25, 0.3) is 17.2 Å². The third-order valence-electron chi connectivity index (χ3n) is 9.56. The van der Waals surface area contributed by atoms with Gasteiger partial charge in [-0.05, 0) is 86.7 Å². The van der Waals surface area contributed by atoms with Gasteiger partial charge < -0.3 is 19.5 Å². The molecule has 1 N–H and O–H groups in total. The van der Waals surface area contributed by atoms with Crippen molar-refractivity contribution in [2.24, 2.45) is 0 Å². The van der Waals surface area contributed by atoms with E-state index in [1.54, 1.807) is 65.2 Å². The lowest BCUT2D eigenvalue weighted by Gasteiger charge is -2.45. The third kappa shape index (κ3) is 6.08. The van der Waals surface area contributed by atoms with Crippen molar-refractivity contribution in [1.82, 2.24) is 29.0 Å². The van der Waals surface area contributed by atoms with Crippen molar-refractivity contribution in [3.8, 4) is 17.1 Å². The van der Waals surface area contributed by atoms with E-state index in [1.165, 1.54) is 4.52 Å². The van der Waals surface area contributed by atoms with Crippen LogP contribution in [-0.2, 0) is 29.4 Å². The van der Waals surface area contributed by atoms with Gasteiger partial charge in [0.25, 0.3) is 11.5 Å². The lowest BCUT2D eigenvalue weighted by Crippen LogP contribution is -2.50. The quantitative estimate of drug-likeness (QED) is 0.238. The highest BCUT2D eigenvalue weighted by Gasteiger charge is 2.44. The average Bonchev–Trinajstić information content (AvgIpc) is 3.57. The molecule has 1 aliphatic carbocycles. The highest BCUT2D eigenvalue weighted by molar-refractivity contribution is 6.33. The minimum Gasteiger partial charge on any atom is -0.497 e. The minimum atomic E-state index is -4.60. The van der Waals surface area contributed by atoms with Crippen LogP contribution < -0.4 is 15.6 Å². The Kier molecular flexibility index (Phi) is 8.58. The van der Waals surface area contributed by atoms with Gasteiger partial charge in [-0.3, -0.25) is 19.4 Å². The Bertz CT molecular complexity index is 2160. The molecule has 4 heterocycles. The zero-order valence-corrected chi connectivity index (χ0v) is 27.6. The molecule has 15 heteroatoms. The fraction of sp³-hybridized carbons (Fsp3) is 0.314. The van der Waals surface area contributed by atoms with E-state index in [0.29, 0.717) is 67.0 Å². The molecule has 11 nitrogen and oxygen atoms in total. The van der Waals surface area contributed by atoms with Crippen molar-refractivity contribution in [3.05, 3.63) is 105 Å². The number of carbonyl (C=O) groups excluding carboxylic acids is 2. The van der Waals surface area contributed by atoms with E-state index in [1.807, 2.05) is 0 Å². The van der Waals surface area contributed by atoms with Gasteiger partial charge in [0.1, 0.15) is 18.0 Å². The van der Waals surface area contributed by atoms with E-state index in [0.717, 1.165) is 24.6 Å². The van der Waals surface area contributed by atoms with Crippen molar-refractivity contribution in [3.63, 3.8) is 0 Å². The summed E-state index contributed by atoms with van der Waals surface area (Å²) in [6.07, 6.45) is -0.0656. The summed E-state index contributed by atoms with van der Waals surface area (Å²) in [7, 11) is 1.55. The van der Waals surface area contributed by atoms with Gasteiger partial charge in [-0.15, -0.1) is 5.10 Å². The maximum Gasteiger partial charge on any atom is 0.416 e. The normalized spacial score (nSPS) is 15.6. The molecular weight excluding hydrogens is 675 g/mol. The number of ether oxygens (including phenoxy) is 1. The number of amides is 2. The largest absolute Gasteiger partial charge is 0.497 e. The summed E-state index contributed by atoms with van der Waals surface area (Å²) in [5, 5.41) is 6.96. The van der Waals surface area contributed by atoms with E-state index >= 15 is 0 Å². The van der Waals surface area contributed by atoms with Crippen LogP contribution in [0, 0.1) is 0 Å². The summed E-state index contributed by atoms with van der Waals surface area (Å²) in [6, 6.07) is 14.9. The molecular formula is C35H31ClF3N7O4. The summed E-state index contributed by atoms with van der Waals surface area (Å²) in [6.45, 7) is 0.506. The van der Waals surface area contributed by atoms with Crippen LogP contribution >= 0.6 is 11.6 Å². The summed E-state index contributed by atoms with van der Waals surface area (Å²) < 4.78 is 47.8. The highest BCUT2D eigenvalue weighted by atomic mass is 35.5. The summed E-state index contributed by atoms with van der Waals surface area (Å²) in [5.41, 5.74) is 0.296. The van der Waals surface area contributed by atoms with Crippen molar-refractivity contribution in [1.29, 1.82) is 0 Å². The Hall–Kier alpha value is -5.24. The molecule has 50 heavy (non-hydrogen) atoms.